The summed E-state index contributed by atoms with van der Waals surface area (Å²) in [7, 11) is 0. The van der Waals surface area contributed by atoms with Crippen molar-refractivity contribution < 1.29 is 8.78 Å². The van der Waals surface area contributed by atoms with Gasteiger partial charge < -0.3 is 4.98 Å². The number of halogens is 2. The number of aromatic amines is 1. The van der Waals surface area contributed by atoms with Gasteiger partial charge >= 0.3 is 0 Å². The van der Waals surface area contributed by atoms with Gasteiger partial charge in [-0.1, -0.05) is 36.4 Å². The van der Waals surface area contributed by atoms with Gasteiger partial charge in [-0.2, -0.15) is 0 Å². The van der Waals surface area contributed by atoms with Crippen LogP contribution in [0.3, 0.4) is 0 Å². The number of nitrogens with zero attached hydrogens (tertiary/aromatic N) is 3. The Bertz CT molecular complexity index is 1320. The Kier molecular flexibility index (Phi) is 5.33. The lowest BCUT2D eigenvalue weighted by atomic mass is 10.1. The lowest BCUT2D eigenvalue weighted by molar-refractivity contribution is 0.241. The van der Waals surface area contributed by atoms with Crippen molar-refractivity contribution in [2.24, 2.45) is 0 Å². The summed E-state index contributed by atoms with van der Waals surface area (Å²) >= 11 is 0. The van der Waals surface area contributed by atoms with Crippen LogP contribution in [-0.2, 0) is 19.5 Å². The van der Waals surface area contributed by atoms with Crippen LogP contribution in [0.15, 0.2) is 71.7 Å². The molecule has 0 saturated heterocycles. The molecule has 2 aromatic heterocycles. The molecule has 2 aromatic carbocycles. The quantitative estimate of drug-likeness (QED) is 0.523. The maximum atomic E-state index is 13.5. The minimum Gasteiger partial charge on any atom is -0.306 e. The maximum absolute atomic E-state index is 13.5. The van der Waals surface area contributed by atoms with E-state index in [0.717, 1.165) is 35.5 Å². The van der Waals surface area contributed by atoms with Gasteiger partial charge in [0.25, 0.3) is 5.56 Å². The molecule has 7 heteroatoms. The molecule has 5 rings (SSSR count). The third kappa shape index (κ3) is 4.07. The van der Waals surface area contributed by atoms with Crippen LogP contribution >= 0.6 is 0 Å². The van der Waals surface area contributed by atoms with Crippen LogP contribution in [0.1, 0.15) is 16.8 Å². The highest BCUT2D eigenvalue weighted by Crippen LogP contribution is 2.22. The van der Waals surface area contributed by atoms with Crippen LogP contribution < -0.4 is 5.56 Å². The van der Waals surface area contributed by atoms with E-state index in [-0.39, 0.29) is 5.56 Å². The minimum absolute atomic E-state index is 0.106. The molecule has 0 unspecified atom stereocenters. The van der Waals surface area contributed by atoms with E-state index in [1.54, 1.807) is 12.3 Å². The van der Waals surface area contributed by atoms with Gasteiger partial charge in [-0.25, -0.2) is 13.8 Å². The lowest BCUT2D eigenvalue weighted by Gasteiger charge is -2.27. The fourth-order valence-corrected chi connectivity index (χ4v) is 3.95. The van der Waals surface area contributed by atoms with E-state index < -0.39 is 11.6 Å². The number of benzene rings is 2. The number of hydrogen-bond donors (Lipinski definition) is 1. The van der Waals surface area contributed by atoms with E-state index >= 15 is 0 Å². The zero-order valence-corrected chi connectivity index (χ0v) is 17.2. The van der Waals surface area contributed by atoms with Crippen molar-refractivity contribution in [2.75, 3.05) is 6.54 Å². The first-order valence-electron chi connectivity index (χ1n) is 10.4. The van der Waals surface area contributed by atoms with Crippen molar-refractivity contribution in [1.29, 1.82) is 0 Å². The van der Waals surface area contributed by atoms with Gasteiger partial charge in [0.05, 0.1) is 17.0 Å². The third-order valence-corrected chi connectivity index (χ3v) is 5.64. The largest absolute Gasteiger partial charge is 0.306 e. The molecule has 0 atom stereocenters. The second-order valence-corrected chi connectivity index (χ2v) is 7.85. The molecule has 0 radical (unpaired) electrons. The molecule has 32 heavy (non-hydrogen) atoms. The van der Waals surface area contributed by atoms with Gasteiger partial charge in [-0.3, -0.25) is 14.7 Å². The predicted octanol–water partition coefficient (Wildman–Crippen LogP) is 4.34. The number of H-pyrrole nitrogens is 1. The van der Waals surface area contributed by atoms with Crippen LogP contribution in [-0.4, -0.2) is 26.4 Å². The normalized spacial score (nSPS) is 13.7. The molecule has 4 aromatic rings. The van der Waals surface area contributed by atoms with E-state index in [4.69, 9.17) is 4.98 Å². The molecule has 0 aliphatic carbocycles. The Morgan fingerprint density at radius 1 is 0.969 bits per heavy atom. The molecule has 160 valence electrons. The second kappa shape index (κ2) is 8.43. The van der Waals surface area contributed by atoms with Gasteiger partial charge in [0, 0.05) is 43.4 Å². The van der Waals surface area contributed by atoms with Crippen molar-refractivity contribution in [3.8, 4) is 22.6 Å². The molecule has 0 amide bonds. The SMILES string of the molecule is O=c1[nH]c(-c2ccccc2)nc2c1CN(Cc1ccc(-c3ccc(F)c(F)c3)nc1)CC2. The summed E-state index contributed by atoms with van der Waals surface area (Å²) in [6, 6.07) is 17.1. The predicted molar refractivity (Wildman–Crippen MR) is 118 cm³/mol. The molecular formula is C25H20F2N4O. The summed E-state index contributed by atoms with van der Waals surface area (Å²) in [5.74, 6) is -1.18. The Balaban J connectivity index is 1.31. The smallest absolute Gasteiger partial charge is 0.255 e. The molecule has 0 saturated carbocycles. The van der Waals surface area contributed by atoms with Crippen LogP contribution in [0, 0.1) is 11.6 Å². The zero-order valence-electron chi connectivity index (χ0n) is 17.2. The molecular weight excluding hydrogens is 410 g/mol. The molecule has 0 spiro atoms. The molecule has 0 fully saturated rings. The van der Waals surface area contributed by atoms with Crippen molar-refractivity contribution in [3.05, 3.63) is 106 Å². The highest BCUT2D eigenvalue weighted by Gasteiger charge is 2.21. The average Bonchev–Trinajstić information content (AvgIpc) is 2.82. The molecule has 3 heterocycles. The van der Waals surface area contributed by atoms with E-state index in [0.29, 0.717) is 42.2 Å². The number of pyridine rings is 1. The first-order valence-corrected chi connectivity index (χ1v) is 10.4. The minimum atomic E-state index is -0.894. The topological polar surface area (TPSA) is 61.9 Å². The van der Waals surface area contributed by atoms with E-state index in [2.05, 4.69) is 14.9 Å². The fourth-order valence-electron chi connectivity index (χ4n) is 3.95. The van der Waals surface area contributed by atoms with Gasteiger partial charge in [0.2, 0.25) is 0 Å². The average molecular weight is 430 g/mol. The van der Waals surface area contributed by atoms with Crippen LogP contribution in [0.25, 0.3) is 22.6 Å². The molecule has 1 aliphatic heterocycles. The van der Waals surface area contributed by atoms with Crippen LogP contribution in [0.5, 0.6) is 0 Å². The highest BCUT2D eigenvalue weighted by atomic mass is 19.2. The zero-order chi connectivity index (χ0) is 22.1. The van der Waals surface area contributed by atoms with Crippen molar-refractivity contribution in [3.63, 3.8) is 0 Å². The number of nitrogens with one attached hydrogen (secondary N) is 1. The van der Waals surface area contributed by atoms with Crippen molar-refractivity contribution in [1.82, 2.24) is 19.9 Å². The number of hydrogen-bond acceptors (Lipinski definition) is 4. The molecule has 1 N–H and O–H groups in total. The highest BCUT2D eigenvalue weighted by molar-refractivity contribution is 5.59. The summed E-state index contributed by atoms with van der Waals surface area (Å²) in [6.45, 7) is 1.92. The summed E-state index contributed by atoms with van der Waals surface area (Å²) in [5, 5.41) is 0. The number of aromatic nitrogens is 3. The van der Waals surface area contributed by atoms with E-state index in [1.807, 2.05) is 36.4 Å². The first kappa shape index (κ1) is 20.2. The van der Waals surface area contributed by atoms with Gasteiger partial charge in [-0.15, -0.1) is 0 Å². The van der Waals surface area contributed by atoms with Crippen molar-refractivity contribution in [2.45, 2.75) is 19.5 Å². The van der Waals surface area contributed by atoms with E-state index in [1.165, 1.54) is 6.07 Å². The Labute approximate surface area is 183 Å². The Morgan fingerprint density at radius 2 is 1.81 bits per heavy atom. The van der Waals surface area contributed by atoms with Gasteiger partial charge in [-0.05, 0) is 29.8 Å². The first-order chi connectivity index (χ1) is 15.6. The molecule has 5 nitrogen and oxygen atoms in total. The molecule has 0 bridgehead atoms. The second-order valence-electron chi connectivity index (χ2n) is 7.85. The molecule has 1 aliphatic rings. The van der Waals surface area contributed by atoms with Gasteiger partial charge in [0.15, 0.2) is 11.6 Å². The fraction of sp³-hybridized carbons (Fsp3) is 0.160. The Hall–Kier alpha value is -3.71. The summed E-state index contributed by atoms with van der Waals surface area (Å²) < 4.78 is 26.6. The summed E-state index contributed by atoms with van der Waals surface area (Å²) in [4.78, 5) is 26.9. The standard InChI is InChI=1S/C25H20F2N4O/c26-20-8-7-18(12-21(20)27)22-9-6-16(13-28-22)14-31-11-10-23-19(15-31)25(32)30-24(29-23)17-4-2-1-3-5-17/h1-9,12-13H,10-11,14-15H2,(H,29,30,32). The van der Waals surface area contributed by atoms with Gasteiger partial charge in [0.1, 0.15) is 5.82 Å². The Morgan fingerprint density at radius 3 is 2.56 bits per heavy atom. The monoisotopic (exact) mass is 430 g/mol. The lowest BCUT2D eigenvalue weighted by Crippen LogP contribution is -2.35. The van der Waals surface area contributed by atoms with Crippen LogP contribution in [0.2, 0.25) is 0 Å². The summed E-state index contributed by atoms with van der Waals surface area (Å²) in [6.07, 6.45) is 2.42. The van der Waals surface area contributed by atoms with E-state index in [9.17, 15) is 13.6 Å². The summed E-state index contributed by atoms with van der Waals surface area (Å²) in [5.41, 5.74) is 4.40. The number of rotatable bonds is 4. The third-order valence-electron chi connectivity index (χ3n) is 5.64. The maximum Gasteiger partial charge on any atom is 0.255 e. The van der Waals surface area contributed by atoms with Crippen LogP contribution in [0.4, 0.5) is 8.78 Å². The van der Waals surface area contributed by atoms with Crippen molar-refractivity contribution >= 4 is 0 Å². The number of fused-ring (bicyclic) bond motifs is 1.